The maximum atomic E-state index is 9.27. The molecule has 0 unspecified atom stereocenters. The largest absolute Gasteiger partial charge is 0.368 e. The number of fused-ring (bicyclic) bond motifs is 1. The molecule has 1 saturated heterocycles. The van der Waals surface area contributed by atoms with Gasteiger partial charge in [0, 0.05) is 5.92 Å². The van der Waals surface area contributed by atoms with Gasteiger partial charge in [-0.05, 0) is 18.8 Å². The third kappa shape index (κ3) is 0.879. The number of rotatable bonds is 0. The molecule has 0 radical (unpaired) electrons. The van der Waals surface area contributed by atoms with Gasteiger partial charge in [-0.15, -0.1) is 0 Å². The van der Waals surface area contributed by atoms with E-state index in [9.17, 15) is 5.11 Å². The number of aliphatic hydroxyl groups excluding tert-OH is 1. The fourth-order valence-electron chi connectivity index (χ4n) is 1.78. The molecule has 10 heavy (non-hydrogen) atoms. The van der Waals surface area contributed by atoms with Gasteiger partial charge in [-0.1, -0.05) is 12.2 Å². The second-order valence-corrected chi connectivity index (χ2v) is 3.09. The van der Waals surface area contributed by atoms with Gasteiger partial charge in [0.2, 0.25) is 0 Å². The lowest BCUT2D eigenvalue weighted by atomic mass is 9.85. The quantitative estimate of drug-likeness (QED) is 0.507. The minimum absolute atomic E-state index is 0.380. The molecule has 1 aliphatic heterocycles. The van der Waals surface area contributed by atoms with Crippen LogP contribution in [-0.4, -0.2) is 18.0 Å². The first kappa shape index (κ1) is 6.38. The van der Waals surface area contributed by atoms with Crippen molar-refractivity contribution in [2.75, 3.05) is 6.61 Å². The van der Waals surface area contributed by atoms with Crippen LogP contribution in [0.3, 0.4) is 0 Å². The van der Waals surface area contributed by atoms with Crippen molar-refractivity contribution in [1.82, 2.24) is 0 Å². The first-order chi connectivity index (χ1) is 4.88. The van der Waals surface area contributed by atoms with Crippen LogP contribution in [-0.2, 0) is 4.74 Å². The highest BCUT2D eigenvalue weighted by molar-refractivity contribution is 4.97. The summed E-state index contributed by atoms with van der Waals surface area (Å²) in [7, 11) is 0. The summed E-state index contributed by atoms with van der Waals surface area (Å²) in [6.45, 7) is 0.746. The molecule has 1 N–H and O–H groups in total. The molecule has 2 rings (SSSR count). The smallest absolute Gasteiger partial charge is 0.158 e. The van der Waals surface area contributed by atoms with Crippen LogP contribution in [0.4, 0.5) is 0 Å². The second kappa shape index (κ2) is 2.36. The number of hydrogen-bond donors (Lipinski definition) is 1. The van der Waals surface area contributed by atoms with Gasteiger partial charge in [0.25, 0.3) is 0 Å². The number of aliphatic hydroxyl groups is 1. The fraction of sp³-hybridized carbons (Fsp3) is 0.750. The van der Waals surface area contributed by atoms with Crippen LogP contribution in [0.25, 0.3) is 0 Å². The molecule has 0 saturated carbocycles. The van der Waals surface area contributed by atoms with Crippen LogP contribution < -0.4 is 0 Å². The first-order valence-corrected chi connectivity index (χ1v) is 3.82. The molecule has 0 spiro atoms. The van der Waals surface area contributed by atoms with Gasteiger partial charge < -0.3 is 9.84 Å². The summed E-state index contributed by atoms with van der Waals surface area (Å²) in [5.74, 6) is 0.963. The van der Waals surface area contributed by atoms with E-state index in [1.165, 1.54) is 0 Å². The number of hydrogen-bond acceptors (Lipinski definition) is 2. The summed E-state index contributed by atoms with van der Waals surface area (Å²) in [4.78, 5) is 0. The Morgan fingerprint density at radius 3 is 2.90 bits per heavy atom. The van der Waals surface area contributed by atoms with E-state index in [4.69, 9.17) is 4.74 Å². The van der Waals surface area contributed by atoms with E-state index in [1.54, 1.807) is 0 Å². The molecule has 1 fully saturated rings. The SMILES string of the molecule is O[C@@H]1OC[C@H]2CC=CC[C@H]21. The van der Waals surface area contributed by atoms with Gasteiger partial charge >= 0.3 is 0 Å². The van der Waals surface area contributed by atoms with Crippen molar-refractivity contribution in [3.8, 4) is 0 Å². The third-order valence-electron chi connectivity index (χ3n) is 2.47. The van der Waals surface area contributed by atoms with Crippen molar-refractivity contribution in [3.63, 3.8) is 0 Å². The van der Waals surface area contributed by atoms with Crippen molar-refractivity contribution in [3.05, 3.63) is 12.2 Å². The Morgan fingerprint density at radius 2 is 2.10 bits per heavy atom. The Labute approximate surface area is 60.5 Å². The number of ether oxygens (including phenoxy) is 1. The molecule has 2 heteroatoms. The molecule has 3 atom stereocenters. The molecule has 56 valence electrons. The highest BCUT2D eigenvalue weighted by Gasteiger charge is 2.35. The minimum Gasteiger partial charge on any atom is -0.368 e. The predicted molar refractivity (Wildman–Crippen MR) is 37.3 cm³/mol. The van der Waals surface area contributed by atoms with E-state index in [0.29, 0.717) is 11.8 Å². The van der Waals surface area contributed by atoms with Crippen LogP contribution in [0.15, 0.2) is 12.2 Å². The summed E-state index contributed by atoms with van der Waals surface area (Å²) < 4.78 is 5.12. The lowest BCUT2D eigenvalue weighted by molar-refractivity contribution is -0.0816. The standard InChI is InChI=1S/C8H12O2/c9-8-7-4-2-1-3-6(7)5-10-8/h1-2,6-9H,3-5H2/t6-,7-,8-/m1/s1. The van der Waals surface area contributed by atoms with Gasteiger partial charge in [0.05, 0.1) is 6.61 Å². The molecule has 2 aliphatic rings. The molecule has 0 aromatic heterocycles. The predicted octanol–water partition coefficient (Wildman–Crippen LogP) is 0.917. The van der Waals surface area contributed by atoms with E-state index < -0.39 is 6.29 Å². The molecular formula is C8H12O2. The van der Waals surface area contributed by atoms with Gasteiger partial charge in [-0.3, -0.25) is 0 Å². The molecule has 0 aromatic rings. The molecule has 0 aromatic carbocycles. The Balaban J connectivity index is 2.10. The summed E-state index contributed by atoms with van der Waals surface area (Å²) >= 11 is 0. The fourth-order valence-corrected chi connectivity index (χ4v) is 1.78. The highest BCUT2D eigenvalue weighted by atomic mass is 16.6. The van der Waals surface area contributed by atoms with Crippen molar-refractivity contribution < 1.29 is 9.84 Å². The first-order valence-electron chi connectivity index (χ1n) is 3.82. The van der Waals surface area contributed by atoms with E-state index in [0.717, 1.165) is 19.4 Å². The zero-order valence-electron chi connectivity index (χ0n) is 5.86. The average molecular weight is 140 g/mol. The maximum Gasteiger partial charge on any atom is 0.158 e. The minimum atomic E-state index is -0.491. The third-order valence-corrected chi connectivity index (χ3v) is 2.47. The van der Waals surface area contributed by atoms with Gasteiger partial charge in [-0.2, -0.15) is 0 Å². The lowest BCUT2D eigenvalue weighted by Crippen LogP contribution is -2.20. The molecule has 1 heterocycles. The normalized spacial score (nSPS) is 45.5. The molecule has 1 aliphatic carbocycles. The Bertz CT molecular complexity index is 153. The van der Waals surface area contributed by atoms with Crippen LogP contribution in [0.1, 0.15) is 12.8 Å². The highest BCUT2D eigenvalue weighted by Crippen LogP contribution is 2.34. The number of allylic oxidation sites excluding steroid dienone is 2. The molecule has 0 bridgehead atoms. The van der Waals surface area contributed by atoms with Crippen molar-refractivity contribution >= 4 is 0 Å². The molecule has 0 amide bonds. The monoisotopic (exact) mass is 140 g/mol. The van der Waals surface area contributed by atoms with E-state index >= 15 is 0 Å². The van der Waals surface area contributed by atoms with Crippen molar-refractivity contribution in [1.29, 1.82) is 0 Å². The van der Waals surface area contributed by atoms with Crippen LogP contribution in [0, 0.1) is 11.8 Å². The second-order valence-electron chi connectivity index (χ2n) is 3.09. The Hall–Kier alpha value is -0.340. The Morgan fingerprint density at radius 1 is 1.30 bits per heavy atom. The summed E-state index contributed by atoms with van der Waals surface area (Å²) in [5, 5.41) is 9.27. The van der Waals surface area contributed by atoms with Crippen LogP contribution in [0.2, 0.25) is 0 Å². The van der Waals surface area contributed by atoms with E-state index in [2.05, 4.69) is 12.2 Å². The lowest BCUT2D eigenvalue weighted by Gasteiger charge is -2.19. The van der Waals surface area contributed by atoms with E-state index in [1.807, 2.05) is 0 Å². The maximum absolute atomic E-state index is 9.27. The van der Waals surface area contributed by atoms with Gasteiger partial charge in [0.1, 0.15) is 0 Å². The molecular weight excluding hydrogens is 128 g/mol. The summed E-state index contributed by atoms with van der Waals surface area (Å²) in [6, 6.07) is 0. The Kier molecular flexibility index (Phi) is 1.51. The van der Waals surface area contributed by atoms with Gasteiger partial charge in [-0.25, -0.2) is 0 Å². The summed E-state index contributed by atoms with van der Waals surface area (Å²) in [5.41, 5.74) is 0. The van der Waals surface area contributed by atoms with Crippen LogP contribution >= 0.6 is 0 Å². The summed E-state index contributed by atoms with van der Waals surface area (Å²) in [6.07, 6.45) is 5.91. The topological polar surface area (TPSA) is 29.5 Å². The van der Waals surface area contributed by atoms with Crippen LogP contribution in [0.5, 0.6) is 0 Å². The average Bonchev–Trinajstić information content (AvgIpc) is 2.34. The van der Waals surface area contributed by atoms with Gasteiger partial charge in [0.15, 0.2) is 6.29 Å². The van der Waals surface area contributed by atoms with E-state index in [-0.39, 0.29) is 0 Å². The molecule has 2 nitrogen and oxygen atoms in total. The zero-order valence-corrected chi connectivity index (χ0v) is 5.86. The zero-order chi connectivity index (χ0) is 6.97. The van der Waals surface area contributed by atoms with Crippen molar-refractivity contribution in [2.24, 2.45) is 11.8 Å². The van der Waals surface area contributed by atoms with Crippen molar-refractivity contribution in [2.45, 2.75) is 19.1 Å².